The van der Waals surface area contributed by atoms with Crippen LogP contribution in [0.1, 0.15) is 11.1 Å². The van der Waals surface area contributed by atoms with E-state index < -0.39 is 0 Å². The number of piperazine rings is 1. The molecule has 7 nitrogen and oxygen atoms in total. The summed E-state index contributed by atoms with van der Waals surface area (Å²) in [6.07, 6.45) is 1.75. The second-order valence-electron chi connectivity index (χ2n) is 8.83. The molecular weight excluding hydrogens is 448 g/mol. The number of halogens is 1. The number of H-pyrrole nitrogens is 1. The highest BCUT2D eigenvalue weighted by molar-refractivity contribution is 6.30. The number of aryl methyl sites for hydroxylation is 2. The van der Waals surface area contributed by atoms with Crippen molar-refractivity contribution >= 4 is 40.0 Å². The Morgan fingerprint density at radius 1 is 1.03 bits per heavy atom. The van der Waals surface area contributed by atoms with Gasteiger partial charge in [0.1, 0.15) is 5.65 Å². The molecule has 0 aliphatic carbocycles. The zero-order valence-corrected chi connectivity index (χ0v) is 20.3. The second kappa shape index (κ2) is 9.08. The average molecular weight is 475 g/mol. The third-order valence-corrected chi connectivity index (χ3v) is 6.71. The van der Waals surface area contributed by atoms with Crippen molar-refractivity contribution < 1.29 is 0 Å². The third-order valence-electron chi connectivity index (χ3n) is 6.46. The predicted molar refractivity (Wildman–Crippen MR) is 140 cm³/mol. The van der Waals surface area contributed by atoms with Crippen molar-refractivity contribution in [1.29, 1.82) is 0 Å². The first-order valence-corrected chi connectivity index (χ1v) is 11.7. The molecule has 1 saturated heterocycles. The van der Waals surface area contributed by atoms with Gasteiger partial charge < -0.3 is 20.1 Å². The van der Waals surface area contributed by atoms with Crippen molar-refractivity contribution in [3.63, 3.8) is 0 Å². The van der Waals surface area contributed by atoms with E-state index in [2.05, 4.69) is 56.2 Å². The van der Waals surface area contributed by atoms with Crippen LogP contribution in [-0.4, -0.2) is 53.1 Å². The van der Waals surface area contributed by atoms with Gasteiger partial charge in [0.2, 0.25) is 5.95 Å². The van der Waals surface area contributed by atoms with E-state index in [1.54, 1.807) is 18.3 Å². The summed E-state index contributed by atoms with van der Waals surface area (Å²) in [6.45, 7) is 8.24. The highest BCUT2D eigenvalue weighted by atomic mass is 35.5. The Bertz CT molecular complexity index is 1410. The van der Waals surface area contributed by atoms with Crippen molar-refractivity contribution in [2.75, 3.05) is 43.4 Å². The quantitative estimate of drug-likeness (QED) is 0.444. The number of rotatable bonds is 4. The molecule has 2 N–H and O–H groups in total. The van der Waals surface area contributed by atoms with Gasteiger partial charge in [-0.15, -0.1) is 0 Å². The lowest BCUT2D eigenvalue weighted by Crippen LogP contribution is -2.44. The van der Waals surface area contributed by atoms with E-state index in [0.29, 0.717) is 22.2 Å². The second-order valence-corrected chi connectivity index (χ2v) is 9.27. The van der Waals surface area contributed by atoms with Crippen LogP contribution in [0.2, 0.25) is 5.02 Å². The van der Waals surface area contributed by atoms with Crippen molar-refractivity contribution in [3.8, 4) is 11.1 Å². The molecule has 5 rings (SSSR count). The van der Waals surface area contributed by atoms with Crippen LogP contribution in [0, 0.1) is 13.8 Å². The summed E-state index contributed by atoms with van der Waals surface area (Å²) in [5.74, 6) is 0.438. The summed E-state index contributed by atoms with van der Waals surface area (Å²) in [7, 11) is 2.16. The van der Waals surface area contributed by atoms with Gasteiger partial charge in [-0.2, -0.15) is 4.98 Å². The minimum Gasteiger partial charge on any atom is -0.369 e. The fraction of sp³-hybridized carbons (Fsp3) is 0.269. The lowest BCUT2D eigenvalue weighted by atomic mass is 10.0. The number of anilines is 3. The molecule has 1 fully saturated rings. The Hall–Kier alpha value is -3.42. The van der Waals surface area contributed by atoms with Gasteiger partial charge in [-0.1, -0.05) is 23.7 Å². The maximum Gasteiger partial charge on any atom is 0.257 e. The van der Waals surface area contributed by atoms with Gasteiger partial charge in [0.05, 0.1) is 5.56 Å². The van der Waals surface area contributed by atoms with E-state index in [1.807, 2.05) is 25.1 Å². The van der Waals surface area contributed by atoms with Crippen molar-refractivity contribution in [2.45, 2.75) is 13.8 Å². The zero-order chi connectivity index (χ0) is 23.8. The molecule has 34 heavy (non-hydrogen) atoms. The van der Waals surface area contributed by atoms with Gasteiger partial charge >= 0.3 is 0 Å². The molecule has 0 amide bonds. The van der Waals surface area contributed by atoms with E-state index in [-0.39, 0.29) is 5.56 Å². The van der Waals surface area contributed by atoms with Gasteiger partial charge in [0.25, 0.3) is 5.56 Å². The average Bonchev–Trinajstić information content (AvgIpc) is 2.81. The monoisotopic (exact) mass is 474 g/mol. The molecule has 3 heterocycles. The number of benzene rings is 2. The minimum atomic E-state index is -0.190. The number of likely N-dealkylation sites (N-methyl/N-ethyl adjacent to an activating group) is 1. The van der Waals surface area contributed by atoms with E-state index >= 15 is 0 Å². The van der Waals surface area contributed by atoms with Gasteiger partial charge in [-0.3, -0.25) is 4.79 Å². The van der Waals surface area contributed by atoms with Gasteiger partial charge in [0.15, 0.2) is 0 Å². The molecule has 0 radical (unpaired) electrons. The van der Waals surface area contributed by atoms with Crippen molar-refractivity contribution in [3.05, 3.63) is 75.2 Å². The van der Waals surface area contributed by atoms with Crippen molar-refractivity contribution in [1.82, 2.24) is 19.9 Å². The van der Waals surface area contributed by atoms with Crippen LogP contribution in [0.3, 0.4) is 0 Å². The molecule has 0 spiro atoms. The van der Waals surface area contributed by atoms with Gasteiger partial charge in [-0.25, -0.2) is 4.98 Å². The van der Waals surface area contributed by atoms with E-state index in [9.17, 15) is 4.79 Å². The molecule has 174 valence electrons. The van der Waals surface area contributed by atoms with Crippen LogP contribution in [0.4, 0.5) is 17.3 Å². The molecular formula is C26H27ClN6O. The van der Waals surface area contributed by atoms with E-state index in [0.717, 1.165) is 48.4 Å². The van der Waals surface area contributed by atoms with Crippen LogP contribution in [-0.2, 0) is 0 Å². The lowest BCUT2D eigenvalue weighted by Gasteiger charge is -2.35. The highest BCUT2D eigenvalue weighted by Gasteiger charge is 2.17. The SMILES string of the molecule is Cc1cc(Nc2ncc3c(C)c(-c4ccc(Cl)cc4)c(=O)[nH]c3n2)ccc1N1CCN(C)CC1. The standard InChI is InChI=1S/C26H27ClN6O/c1-16-14-20(8-9-22(16)33-12-10-32(3)11-13-33)29-26-28-15-21-17(2)23(25(34)30-24(21)31-26)18-4-6-19(27)7-5-18/h4-9,14-15H,10-13H2,1-3H3,(H2,28,29,30,31,34). The molecule has 0 bridgehead atoms. The number of aromatic nitrogens is 3. The van der Waals surface area contributed by atoms with Crippen LogP contribution < -0.4 is 15.8 Å². The molecule has 8 heteroatoms. The summed E-state index contributed by atoms with van der Waals surface area (Å²) in [6, 6.07) is 13.5. The molecule has 2 aromatic heterocycles. The molecule has 1 aliphatic heterocycles. The molecule has 0 unspecified atom stereocenters. The Balaban J connectivity index is 1.42. The normalized spacial score (nSPS) is 14.5. The van der Waals surface area contributed by atoms with Crippen LogP contribution in [0.15, 0.2) is 53.5 Å². The Labute approximate surface area is 203 Å². The zero-order valence-electron chi connectivity index (χ0n) is 19.5. The van der Waals surface area contributed by atoms with Crippen LogP contribution >= 0.6 is 11.6 Å². The van der Waals surface area contributed by atoms with Crippen LogP contribution in [0.5, 0.6) is 0 Å². The maximum atomic E-state index is 12.9. The van der Waals surface area contributed by atoms with Gasteiger partial charge in [0, 0.05) is 54.2 Å². The molecule has 0 atom stereocenters. The predicted octanol–water partition coefficient (Wildman–Crippen LogP) is 4.75. The number of hydrogen-bond acceptors (Lipinski definition) is 6. The maximum absolute atomic E-state index is 12.9. The van der Waals surface area contributed by atoms with E-state index in [1.165, 1.54) is 11.3 Å². The fourth-order valence-corrected chi connectivity index (χ4v) is 4.64. The number of aromatic amines is 1. The smallest absolute Gasteiger partial charge is 0.257 e. The lowest BCUT2D eigenvalue weighted by molar-refractivity contribution is 0.312. The highest BCUT2D eigenvalue weighted by Crippen LogP contribution is 2.28. The molecule has 1 aliphatic rings. The van der Waals surface area contributed by atoms with Crippen LogP contribution in [0.25, 0.3) is 22.2 Å². The summed E-state index contributed by atoms with van der Waals surface area (Å²) < 4.78 is 0. The fourth-order valence-electron chi connectivity index (χ4n) is 4.52. The summed E-state index contributed by atoms with van der Waals surface area (Å²) in [5.41, 5.74) is 5.92. The number of pyridine rings is 1. The molecule has 0 saturated carbocycles. The number of fused-ring (bicyclic) bond motifs is 1. The van der Waals surface area contributed by atoms with Crippen molar-refractivity contribution in [2.24, 2.45) is 0 Å². The summed E-state index contributed by atoms with van der Waals surface area (Å²) >= 11 is 6.00. The number of hydrogen-bond donors (Lipinski definition) is 2. The molecule has 2 aromatic carbocycles. The largest absolute Gasteiger partial charge is 0.369 e. The first-order chi connectivity index (χ1) is 16.4. The Morgan fingerprint density at radius 3 is 2.47 bits per heavy atom. The minimum absolute atomic E-state index is 0.190. The molecule has 4 aromatic rings. The Kier molecular flexibility index (Phi) is 5.98. The number of nitrogens with zero attached hydrogens (tertiary/aromatic N) is 4. The van der Waals surface area contributed by atoms with E-state index in [4.69, 9.17) is 11.6 Å². The van der Waals surface area contributed by atoms with Gasteiger partial charge in [-0.05, 0) is 67.9 Å². The summed E-state index contributed by atoms with van der Waals surface area (Å²) in [5, 5.41) is 4.71. The summed E-state index contributed by atoms with van der Waals surface area (Å²) in [4.78, 5) is 29.7. The first kappa shape index (κ1) is 22.4. The Morgan fingerprint density at radius 2 is 1.76 bits per heavy atom. The topological polar surface area (TPSA) is 77.1 Å². The third kappa shape index (κ3) is 4.36. The number of nitrogens with one attached hydrogen (secondary N) is 2. The first-order valence-electron chi connectivity index (χ1n) is 11.4.